The van der Waals surface area contributed by atoms with Crippen LogP contribution in [0.25, 0.3) is 0 Å². The van der Waals surface area contributed by atoms with Crippen molar-refractivity contribution in [2.75, 3.05) is 44.9 Å². The monoisotopic (exact) mass is 195 g/mol. The third-order valence-corrected chi connectivity index (χ3v) is 1.79. The van der Waals surface area contributed by atoms with Gasteiger partial charge < -0.3 is 15.5 Å². The molecule has 14 heavy (non-hydrogen) atoms. The topological polar surface area (TPSA) is 53.1 Å². The average molecular weight is 195 g/mol. The minimum atomic E-state index is 0.826. The van der Waals surface area contributed by atoms with E-state index in [0.717, 1.165) is 24.7 Å². The number of hydrogen-bond acceptors (Lipinski definition) is 5. The van der Waals surface area contributed by atoms with E-state index in [9.17, 15) is 0 Å². The molecule has 0 fully saturated rings. The third-order valence-electron chi connectivity index (χ3n) is 1.79. The molecule has 0 unspecified atom stereocenters. The van der Waals surface area contributed by atoms with Crippen molar-refractivity contribution in [3.05, 3.63) is 12.4 Å². The molecule has 0 radical (unpaired) electrons. The van der Waals surface area contributed by atoms with E-state index in [1.165, 1.54) is 0 Å². The van der Waals surface area contributed by atoms with Gasteiger partial charge in [-0.2, -0.15) is 0 Å². The van der Waals surface area contributed by atoms with Crippen LogP contribution in [0.1, 0.15) is 0 Å². The molecule has 0 aliphatic heterocycles. The summed E-state index contributed by atoms with van der Waals surface area (Å²) in [7, 11) is 5.92. The summed E-state index contributed by atoms with van der Waals surface area (Å²) < 4.78 is 0. The number of likely N-dealkylation sites (N-methyl/N-ethyl adjacent to an activating group) is 1. The second-order valence-electron chi connectivity index (χ2n) is 3.27. The molecule has 5 nitrogen and oxygen atoms in total. The molecule has 0 aliphatic carbocycles. The minimum Gasteiger partial charge on any atom is -0.373 e. The molecule has 1 heterocycles. The summed E-state index contributed by atoms with van der Waals surface area (Å²) >= 11 is 0. The van der Waals surface area contributed by atoms with Crippen molar-refractivity contribution in [3.63, 3.8) is 0 Å². The first-order chi connectivity index (χ1) is 6.72. The normalized spacial score (nSPS) is 10.3. The molecule has 0 spiro atoms. The molecule has 2 N–H and O–H groups in total. The predicted octanol–water partition coefficient (Wildman–Crippen LogP) is 0.492. The SMILES string of the molecule is CNc1cc(NCCN(C)C)ncn1. The molecule has 1 aromatic rings. The number of aromatic nitrogens is 2. The fourth-order valence-corrected chi connectivity index (χ4v) is 0.998. The van der Waals surface area contributed by atoms with Crippen molar-refractivity contribution in [2.24, 2.45) is 0 Å². The standard InChI is InChI=1S/C9H17N5/c1-10-8-6-9(13-7-12-8)11-4-5-14(2)3/h6-7H,4-5H2,1-3H3,(H2,10,11,12,13). The number of nitrogens with zero attached hydrogens (tertiary/aromatic N) is 3. The van der Waals surface area contributed by atoms with Crippen LogP contribution in [0, 0.1) is 0 Å². The van der Waals surface area contributed by atoms with Gasteiger partial charge in [0.05, 0.1) is 0 Å². The first kappa shape index (κ1) is 10.7. The van der Waals surface area contributed by atoms with E-state index in [2.05, 4.69) is 25.5 Å². The first-order valence-corrected chi connectivity index (χ1v) is 4.61. The Hall–Kier alpha value is -1.36. The highest BCUT2D eigenvalue weighted by Gasteiger charge is 1.96. The van der Waals surface area contributed by atoms with Gasteiger partial charge in [0.1, 0.15) is 18.0 Å². The smallest absolute Gasteiger partial charge is 0.131 e. The lowest BCUT2D eigenvalue weighted by molar-refractivity contribution is 0.425. The summed E-state index contributed by atoms with van der Waals surface area (Å²) in [5.41, 5.74) is 0. The molecule has 0 bridgehead atoms. The molecule has 0 aromatic carbocycles. The largest absolute Gasteiger partial charge is 0.373 e. The molecule has 0 amide bonds. The van der Waals surface area contributed by atoms with E-state index in [1.807, 2.05) is 27.2 Å². The van der Waals surface area contributed by atoms with Gasteiger partial charge in [0.15, 0.2) is 0 Å². The van der Waals surface area contributed by atoms with Gasteiger partial charge in [-0.25, -0.2) is 9.97 Å². The molecule has 78 valence electrons. The van der Waals surface area contributed by atoms with Crippen molar-refractivity contribution in [2.45, 2.75) is 0 Å². The lowest BCUT2D eigenvalue weighted by Gasteiger charge is -2.10. The van der Waals surface area contributed by atoms with Gasteiger partial charge in [-0.3, -0.25) is 0 Å². The predicted molar refractivity (Wildman–Crippen MR) is 58.6 cm³/mol. The van der Waals surface area contributed by atoms with Gasteiger partial charge in [-0.15, -0.1) is 0 Å². The third kappa shape index (κ3) is 3.57. The summed E-state index contributed by atoms with van der Waals surface area (Å²) in [4.78, 5) is 10.3. The highest BCUT2D eigenvalue weighted by Crippen LogP contribution is 2.06. The molecule has 0 saturated carbocycles. The van der Waals surface area contributed by atoms with Crippen molar-refractivity contribution in [3.8, 4) is 0 Å². The van der Waals surface area contributed by atoms with Crippen LogP contribution in [0.4, 0.5) is 11.6 Å². The zero-order valence-electron chi connectivity index (χ0n) is 8.91. The van der Waals surface area contributed by atoms with Gasteiger partial charge in [0.25, 0.3) is 0 Å². The van der Waals surface area contributed by atoms with E-state index in [1.54, 1.807) is 6.33 Å². The number of rotatable bonds is 5. The zero-order chi connectivity index (χ0) is 10.4. The van der Waals surface area contributed by atoms with Crippen LogP contribution in [0.15, 0.2) is 12.4 Å². The second-order valence-corrected chi connectivity index (χ2v) is 3.27. The Morgan fingerprint density at radius 1 is 1.29 bits per heavy atom. The van der Waals surface area contributed by atoms with E-state index < -0.39 is 0 Å². The van der Waals surface area contributed by atoms with Crippen molar-refractivity contribution in [1.29, 1.82) is 0 Å². The maximum absolute atomic E-state index is 4.10. The summed E-state index contributed by atoms with van der Waals surface area (Å²) in [6.07, 6.45) is 1.55. The Morgan fingerprint density at radius 3 is 2.64 bits per heavy atom. The van der Waals surface area contributed by atoms with Gasteiger partial charge >= 0.3 is 0 Å². The zero-order valence-corrected chi connectivity index (χ0v) is 8.91. The maximum atomic E-state index is 4.10. The Kier molecular flexibility index (Phi) is 4.12. The Labute approximate surface area is 84.6 Å². The molecular formula is C9H17N5. The van der Waals surface area contributed by atoms with E-state index in [4.69, 9.17) is 0 Å². The van der Waals surface area contributed by atoms with E-state index in [-0.39, 0.29) is 0 Å². The van der Waals surface area contributed by atoms with Crippen LogP contribution < -0.4 is 10.6 Å². The van der Waals surface area contributed by atoms with Crippen LogP contribution in [0.5, 0.6) is 0 Å². The van der Waals surface area contributed by atoms with E-state index in [0.29, 0.717) is 0 Å². The lowest BCUT2D eigenvalue weighted by atomic mass is 10.5. The van der Waals surface area contributed by atoms with Crippen LogP contribution in [-0.2, 0) is 0 Å². The lowest BCUT2D eigenvalue weighted by Crippen LogP contribution is -2.21. The van der Waals surface area contributed by atoms with Crippen LogP contribution in [-0.4, -0.2) is 49.1 Å². The Morgan fingerprint density at radius 2 is 2.00 bits per heavy atom. The van der Waals surface area contributed by atoms with Gasteiger partial charge in [0, 0.05) is 26.2 Å². The van der Waals surface area contributed by atoms with Crippen molar-refractivity contribution < 1.29 is 0 Å². The molecule has 0 aliphatic rings. The van der Waals surface area contributed by atoms with Crippen LogP contribution in [0.2, 0.25) is 0 Å². The Balaban J connectivity index is 2.42. The van der Waals surface area contributed by atoms with Gasteiger partial charge in [-0.1, -0.05) is 0 Å². The fourth-order valence-electron chi connectivity index (χ4n) is 0.998. The van der Waals surface area contributed by atoms with Gasteiger partial charge in [0.2, 0.25) is 0 Å². The first-order valence-electron chi connectivity index (χ1n) is 4.61. The molecular weight excluding hydrogens is 178 g/mol. The van der Waals surface area contributed by atoms with E-state index >= 15 is 0 Å². The number of hydrogen-bond donors (Lipinski definition) is 2. The summed E-state index contributed by atoms with van der Waals surface area (Å²) in [5.74, 6) is 1.68. The molecule has 5 heteroatoms. The molecule has 1 aromatic heterocycles. The highest BCUT2D eigenvalue weighted by atomic mass is 15.1. The quantitative estimate of drug-likeness (QED) is 0.716. The fraction of sp³-hybridized carbons (Fsp3) is 0.556. The van der Waals surface area contributed by atoms with Crippen molar-refractivity contribution in [1.82, 2.24) is 14.9 Å². The number of anilines is 2. The Bertz CT molecular complexity index is 274. The number of nitrogens with one attached hydrogen (secondary N) is 2. The molecule has 1 rings (SSSR count). The maximum Gasteiger partial charge on any atom is 0.131 e. The summed E-state index contributed by atoms with van der Waals surface area (Å²) in [6.45, 7) is 1.87. The highest BCUT2D eigenvalue weighted by molar-refractivity contribution is 5.45. The summed E-state index contributed by atoms with van der Waals surface area (Å²) in [5, 5.41) is 6.18. The average Bonchev–Trinajstić information content (AvgIpc) is 2.18. The second kappa shape index (κ2) is 5.39. The molecule has 0 saturated heterocycles. The van der Waals surface area contributed by atoms with Crippen LogP contribution in [0.3, 0.4) is 0 Å². The van der Waals surface area contributed by atoms with Crippen molar-refractivity contribution >= 4 is 11.6 Å². The minimum absolute atomic E-state index is 0.826. The van der Waals surface area contributed by atoms with Crippen LogP contribution >= 0.6 is 0 Å². The van der Waals surface area contributed by atoms with Gasteiger partial charge in [-0.05, 0) is 14.1 Å². The summed E-state index contributed by atoms with van der Waals surface area (Å²) in [6, 6.07) is 1.88. The molecule has 0 atom stereocenters.